The minimum absolute atomic E-state index is 0.117. The maximum Gasteiger partial charge on any atom is 0.338 e. The standard InChI is InChI=1S/C28H27N5O8S/c1-4-39-27(35)25-16(2)30-28(42)31-26(25)19-7-5-6-8-22(19)40-15-24(34)32-29-14-18-10-12-23(41-18)20-13-17(33(36)37)9-11-21(20)38-3/h5-14,26H,4,15H2,1-3H3,(H,32,34)(H2,30,31,42)/t26-/m0/s1. The fourth-order valence-electron chi connectivity index (χ4n) is 4.17. The van der Waals surface area contributed by atoms with Gasteiger partial charge in [0.05, 0.1) is 42.0 Å². The average molecular weight is 594 g/mol. The number of carbonyl (C=O) groups excluding carboxylic acids is 2. The SMILES string of the molecule is CCOC(=O)C1=C(C)NC(=S)N[C@H]1c1ccccc1OCC(=O)NN=Cc1ccc(-c2cc([N+](=O)[O-])ccc2OC)o1. The van der Waals surface area contributed by atoms with Crippen LogP contribution in [-0.4, -0.2) is 48.5 Å². The van der Waals surface area contributed by atoms with Crippen molar-refractivity contribution in [1.29, 1.82) is 0 Å². The van der Waals surface area contributed by atoms with E-state index < -0.39 is 22.8 Å². The van der Waals surface area contributed by atoms with Crippen LogP contribution in [-0.2, 0) is 14.3 Å². The summed E-state index contributed by atoms with van der Waals surface area (Å²) >= 11 is 5.29. The number of benzene rings is 2. The molecule has 2 aromatic carbocycles. The predicted octanol–water partition coefficient (Wildman–Crippen LogP) is 3.75. The number of amides is 1. The van der Waals surface area contributed by atoms with Crippen LogP contribution < -0.4 is 25.5 Å². The van der Waals surface area contributed by atoms with Gasteiger partial charge in [0.1, 0.15) is 23.0 Å². The third-order valence-electron chi connectivity index (χ3n) is 6.02. The topological polar surface area (TPSA) is 167 Å². The molecule has 3 aromatic rings. The first-order valence-electron chi connectivity index (χ1n) is 12.6. The number of para-hydroxylation sites is 1. The highest BCUT2D eigenvalue weighted by atomic mass is 32.1. The Kier molecular flexibility index (Phi) is 9.50. The molecule has 0 spiro atoms. The lowest BCUT2D eigenvalue weighted by molar-refractivity contribution is -0.384. The summed E-state index contributed by atoms with van der Waals surface area (Å²) in [6, 6.07) is 13.6. The summed E-state index contributed by atoms with van der Waals surface area (Å²) in [5.41, 5.74) is 4.11. The number of nitrogens with one attached hydrogen (secondary N) is 3. The molecular weight excluding hydrogens is 566 g/mol. The average Bonchev–Trinajstić information content (AvgIpc) is 3.44. The normalized spacial score (nSPS) is 14.6. The molecule has 4 rings (SSSR count). The summed E-state index contributed by atoms with van der Waals surface area (Å²) in [4.78, 5) is 35.8. The van der Waals surface area contributed by atoms with Crippen LogP contribution in [0.4, 0.5) is 5.69 Å². The van der Waals surface area contributed by atoms with Crippen LogP contribution in [0.5, 0.6) is 11.5 Å². The van der Waals surface area contributed by atoms with E-state index in [0.717, 1.165) is 0 Å². The Hall–Kier alpha value is -5.24. The molecule has 218 valence electrons. The number of nitro groups is 1. The van der Waals surface area contributed by atoms with Crippen molar-refractivity contribution in [2.45, 2.75) is 19.9 Å². The van der Waals surface area contributed by atoms with Crippen molar-refractivity contribution in [3.8, 4) is 22.8 Å². The summed E-state index contributed by atoms with van der Waals surface area (Å²) < 4.78 is 22.0. The summed E-state index contributed by atoms with van der Waals surface area (Å²) in [7, 11) is 1.45. The van der Waals surface area contributed by atoms with E-state index in [2.05, 4.69) is 21.2 Å². The van der Waals surface area contributed by atoms with Crippen LogP contribution in [0.1, 0.15) is 31.2 Å². The molecule has 3 N–H and O–H groups in total. The van der Waals surface area contributed by atoms with Gasteiger partial charge in [0.2, 0.25) is 0 Å². The molecule has 0 unspecified atom stereocenters. The molecule has 0 bridgehead atoms. The second kappa shape index (κ2) is 13.4. The van der Waals surface area contributed by atoms with E-state index in [1.807, 2.05) is 0 Å². The molecule has 0 fully saturated rings. The molecule has 42 heavy (non-hydrogen) atoms. The van der Waals surface area contributed by atoms with E-state index in [4.69, 9.17) is 30.8 Å². The van der Waals surface area contributed by atoms with Crippen molar-refractivity contribution < 1.29 is 33.1 Å². The van der Waals surface area contributed by atoms with Gasteiger partial charge in [0.25, 0.3) is 11.6 Å². The molecule has 0 radical (unpaired) electrons. The number of esters is 1. The van der Waals surface area contributed by atoms with Crippen molar-refractivity contribution in [3.63, 3.8) is 0 Å². The number of hydrazone groups is 1. The minimum atomic E-state index is -0.659. The Bertz CT molecular complexity index is 1580. The van der Waals surface area contributed by atoms with Crippen molar-refractivity contribution in [2.24, 2.45) is 5.10 Å². The van der Waals surface area contributed by atoms with Crippen molar-refractivity contribution in [3.05, 3.63) is 87.3 Å². The highest BCUT2D eigenvalue weighted by molar-refractivity contribution is 7.80. The van der Waals surface area contributed by atoms with Crippen molar-refractivity contribution >= 4 is 41.1 Å². The zero-order valence-electron chi connectivity index (χ0n) is 22.8. The Balaban J connectivity index is 1.42. The number of thiocarbonyl (C=S) groups is 1. The second-order valence-corrected chi connectivity index (χ2v) is 9.16. The van der Waals surface area contributed by atoms with Crippen LogP contribution >= 0.6 is 12.2 Å². The Morgan fingerprint density at radius 1 is 1.19 bits per heavy atom. The quantitative estimate of drug-likeness (QED) is 0.0974. The number of hydrogen-bond acceptors (Lipinski definition) is 10. The number of rotatable bonds is 11. The zero-order chi connectivity index (χ0) is 30.2. The van der Waals surface area contributed by atoms with Gasteiger partial charge in [0, 0.05) is 23.4 Å². The van der Waals surface area contributed by atoms with Crippen molar-refractivity contribution in [1.82, 2.24) is 16.1 Å². The van der Waals surface area contributed by atoms with E-state index >= 15 is 0 Å². The molecule has 0 aliphatic carbocycles. The number of methoxy groups -OCH3 is 1. The minimum Gasteiger partial charge on any atom is -0.496 e. The first-order valence-corrected chi connectivity index (χ1v) is 13.0. The smallest absolute Gasteiger partial charge is 0.338 e. The van der Waals surface area contributed by atoms with Gasteiger partial charge in [0.15, 0.2) is 11.7 Å². The number of nitro benzene ring substituents is 1. The number of carbonyl (C=O) groups is 2. The van der Waals surface area contributed by atoms with E-state index in [9.17, 15) is 19.7 Å². The summed E-state index contributed by atoms with van der Waals surface area (Å²) in [5, 5.41) is 21.4. The molecular formula is C28H27N5O8S. The number of nitrogens with zero attached hydrogens (tertiary/aromatic N) is 2. The van der Waals surface area contributed by atoms with Crippen LogP contribution in [0.3, 0.4) is 0 Å². The molecule has 2 heterocycles. The second-order valence-electron chi connectivity index (χ2n) is 8.75. The number of allylic oxidation sites excluding steroid dienone is 1. The zero-order valence-corrected chi connectivity index (χ0v) is 23.7. The maximum absolute atomic E-state index is 12.7. The number of ether oxygens (including phenoxy) is 3. The number of non-ortho nitro benzene ring substituents is 1. The third-order valence-corrected chi connectivity index (χ3v) is 6.24. The highest BCUT2D eigenvalue weighted by Gasteiger charge is 2.32. The predicted molar refractivity (Wildman–Crippen MR) is 156 cm³/mol. The first kappa shape index (κ1) is 29.7. The van der Waals surface area contributed by atoms with E-state index in [1.54, 1.807) is 50.2 Å². The summed E-state index contributed by atoms with van der Waals surface area (Å²) in [5.74, 6) is 0.293. The highest BCUT2D eigenvalue weighted by Crippen LogP contribution is 2.35. The van der Waals surface area contributed by atoms with Gasteiger partial charge < -0.3 is 29.3 Å². The lowest BCUT2D eigenvalue weighted by Gasteiger charge is -2.30. The molecule has 1 aliphatic rings. The maximum atomic E-state index is 12.7. The van der Waals surface area contributed by atoms with Gasteiger partial charge in [-0.05, 0) is 50.3 Å². The Morgan fingerprint density at radius 2 is 1.98 bits per heavy atom. The molecule has 13 nitrogen and oxygen atoms in total. The molecule has 1 atom stereocenters. The van der Waals surface area contributed by atoms with Crippen LogP contribution in [0.15, 0.2) is 75.4 Å². The molecule has 1 amide bonds. The number of furan rings is 1. The fourth-order valence-corrected chi connectivity index (χ4v) is 4.44. The monoisotopic (exact) mass is 593 g/mol. The fraction of sp³-hybridized carbons (Fsp3) is 0.214. The first-order chi connectivity index (χ1) is 20.2. The van der Waals surface area contributed by atoms with Gasteiger partial charge in [-0.15, -0.1) is 0 Å². The van der Waals surface area contributed by atoms with E-state index in [0.29, 0.717) is 44.8 Å². The number of hydrogen-bond donors (Lipinski definition) is 3. The van der Waals surface area contributed by atoms with Gasteiger partial charge in [-0.2, -0.15) is 5.10 Å². The molecule has 0 saturated heterocycles. The van der Waals surface area contributed by atoms with Gasteiger partial charge in [-0.3, -0.25) is 14.9 Å². The van der Waals surface area contributed by atoms with E-state index in [1.165, 1.54) is 31.5 Å². The molecule has 14 heteroatoms. The Morgan fingerprint density at radius 3 is 2.71 bits per heavy atom. The lowest BCUT2D eigenvalue weighted by atomic mass is 9.95. The molecule has 1 aromatic heterocycles. The third kappa shape index (κ3) is 6.90. The van der Waals surface area contributed by atoms with Crippen LogP contribution in [0.25, 0.3) is 11.3 Å². The summed E-state index contributed by atoms with van der Waals surface area (Å²) in [6.07, 6.45) is 1.28. The molecule has 1 aliphatic heterocycles. The van der Waals surface area contributed by atoms with Gasteiger partial charge in [-0.25, -0.2) is 10.2 Å². The lowest BCUT2D eigenvalue weighted by Crippen LogP contribution is -2.45. The van der Waals surface area contributed by atoms with Crippen LogP contribution in [0.2, 0.25) is 0 Å². The molecule has 0 saturated carbocycles. The Labute approximate surface area is 245 Å². The van der Waals surface area contributed by atoms with Crippen molar-refractivity contribution in [2.75, 3.05) is 20.3 Å². The van der Waals surface area contributed by atoms with Gasteiger partial charge in [-0.1, -0.05) is 18.2 Å². The van der Waals surface area contributed by atoms with Gasteiger partial charge >= 0.3 is 5.97 Å². The van der Waals surface area contributed by atoms with E-state index in [-0.39, 0.29) is 24.7 Å². The largest absolute Gasteiger partial charge is 0.496 e. The van der Waals surface area contributed by atoms with Crippen LogP contribution in [0, 0.1) is 10.1 Å². The summed E-state index contributed by atoms with van der Waals surface area (Å²) in [6.45, 7) is 3.27.